The normalized spacial score (nSPS) is 20.2. The predicted molar refractivity (Wildman–Crippen MR) is 82.3 cm³/mol. The molecule has 2 amide bonds. The number of thiazole rings is 1. The van der Waals surface area contributed by atoms with E-state index in [0.29, 0.717) is 11.6 Å². The largest absolute Gasteiger partial charge is 0.347 e. The molecule has 1 aliphatic heterocycles. The molecular weight excluding hydrogens is 290 g/mol. The van der Waals surface area contributed by atoms with Gasteiger partial charge in [-0.25, -0.2) is 4.98 Å². The Bertz CT molecular complexity index is 479. The number of carbonyl (C=O) groups excluding carboxylic acids is 2. The fourth-order valence-corrected chi connectivity index (χ4v) is 2.78. The van der Waals surface area contributed by atoms with Crippen LogP contribution in [0.15, 0.2) is 11.6 Å². The number of amides is 2. The average molecular weight is 311 g/mol. The van der Waals surface area contributed by atoms with Gasteiger partial charge in [0.1, 0.15) is 0 Å². The highest BCUT2D eigenvalue weighted by atomic mass is 32.1. The zero-order valence-corrected chi connectivity index (χ0v) is 13.2. The molecule has 2 heterocycles. The number of carbonyl (C=O) groups is 2. The van der Waals surface area contributed by atoms with Crippen molar-refractivity contribution in [1.29, 1.82) is 0 Å². The summed E-state index contributed by atoms with van der Waals surface area (Å²) in [5, 5.41) is 7.62. The number of anilines is 1. The highest BCUT2D eigenvalue weighted by molar-refractivity contribution is 7.13. The number of hydrogen-bond donors (Lipinski definition) is 2. The second-order valence-electron chi connectivity index (χ2n) is 5.26. The van der Waals surface area contributed by atoms with Crippen molar-refractivity contribution in [2.24, 2.45) is 0 Å². The Balaban J connectivity index is 1.70. The molecule has 8 heteroatoms. The quantitative estimate of drug-likeness (QED) is 0.790. The molecule has 1 fully saturated rings. The van der Waals surface area contributed by atoms with Gasteiger partial charge in [0.2, 0.25) is 11.8 Å². The summed E-state index contributed by atoms with van der Waals surface area (Å²) in [7, 11) is 4.08. The van der Waals surface area contributed by atoms with E-state index in [2.05, 4.69) is 32.5 Å². The third-order valence-electron chi connectivity index (χ3n) is 3.53. The topological polar surface area (TPSA) is 77.6 Å². The molecule has 1 aromatic heterocycles. The summed E-state index contributed by atoms with van der Waals surface area (Å²) < 4.78 is 0. The van der Waals surface area contributed by atoms with Gasteiger partial charge >= 0.3 is 0 Å². The maximum absolute atomic E-state index is 11.9. The van der Waals surface area contributed by atoms with E-state index in [1.165, 1.54) is 11.3 Å². The van der Waals surface area contributed by atoms with Crippen molar-refractivity contribution >= 4 is 28.3 Å². The molecule has 0 spiro atoms. The molecule has 7 nitrogen and oxygen atoms in total. The van der Waals surface area contributed by atoms with Crippen molar-refractivity contribution in [1.82, 2.24) is 20.1 Å². The van der Waals surface area contributed by atoms with E-state index in [-0.39, 0.29) is 24.4 Å². The molecule has 21 heavy (non-hydrogen) atoms. The van der Waals surface area contributed by atoms with E-state index < -0.39 is 0 Å². The molecule has 0 unspecified atom stereocenters. The van der Waals surface area contributed by atoms with Gasteiger partial charge in [0.05, 0.1) is 6.54 Å². The lowest BCUT2D eigenvalue weighted by atomic mass is 10.1. The van der Waals surface area contributed by atoms with Crippen molar-refractivity contribution in [3.8, 4) is 0 Å². The molecule has 0 saturated carbocycles. The lowest BCUT2D eigenvalue weighted by Crippen LogP contribution is -2.51. The summed E-state index contributed by atoms with van der Waals surface area (Å²) in [6.07, 6.45) is 2.03. The molecule has 1 atom stereocenters. The Morgan fingerprint density at radius 1 is 1.38 bits per heavy atom. The van der Waals surface area contributed by atoms with Gasteiger partial charge in [0.25, 0.3) is 0 Å². The van der Waals surface area contributed by atoms with Gasteiger partial charge in [-0.05, 0) is 14.1 Å². The molecule has 0 aliphatic carbocycles. The van der Waals surface area contributed by atoms with Crippen LogP contribution < -0.4 is 10.6 Å². The van der Waals surface area contributed by atoms with E-state index in [9.17, 15) is 9.59 Å². The maximum atomic E-state index is 11.9. The first-order chi connectivity index (χ1) is 10.0. The van der Waals surface area contributed by atoms with Crippen molar-refractivity contribution < 1.29 is 9.59 Å². The minimum atomic E-state index is -0.257. The SMILES string of the molecule is CN1CCN(C)[C@H](CC(=O)NCC(=O)Nc2nccs2)C1. The first kappa shape index (κ1) is 15.9. The standard InChI is InChI=1S/C13H21N5O2S/c1-17-4-5-18(2)10(9-17)7-11(19)15-8-12(20)16-13-14-3-6-21-13/h3,6,10H,4-5,7-9H2,1-2H3,(H,15,19)(H,14,16,20)/t10-/m1/s1. The molecule has 2 N–H and O–H groups in total. The highest BCUT2D eigenvalue weighted by Crippen LogP contribution is 2.10. The Labute approximate surface area is 128 Å². The molecule has 0 radical (unpaired) electrons. The summed E-state index contributed by atoms with van der Waals surface area (Å²) in [6.45, 7) is 2.82. The zero-order chi connectivity index (χ0) is 15.2. The number of nitrogens with zero attached hydrogens (tertiary/aromatic N) is 3. The minimum absolute atomic E-state index is 0.0231. The van der Waals surface area contributed by atoms with Crippen LogP contribution >= 0.6 is 11.3 Å². The fourth-order valence-electron chi connectivity index (χ4n) is 2.24. The summed E-state index contributed by atoms with van der Waals surface area (Å²) in [4.78, 5) is 31.9. The lowest BCUT2D eigenvalue weighted by molar-refractivity contribution is -0.125. The van der Waals surface area contributed by atoms with Crippen LogP contribution in [0.4, 0.5) is 5.13 Å². The number of piperazine rings is 1. The Kier molecular flexibility index (Phi) is 5.66. The molecule has 1 aliphatic rings. The summed E-state index contributed by atoms with van der Waals surface area (Å²) in [6, 6.07) is 0.200. The van der Waals surface area contributed by atoms with Crippen LogP contribution in [0.5, 0.6) is 0 Å². The number of rotatable bonds is 5. The number of nitrogens with one attached hydrogen (secondary N) is 2. The van der Waals surface area contributed by atoms with Gasteiger partial charge in [-0.1, -0.05) is 0 Å². The minimum Gasteiger partial charge on any atom is -0.347 e. The van der Waals surface area contributed by atoms with Crippen molar-refractivity contribution in [3.63, 3.8) is 0 Å². The van der Waals surface area contributed by atoms with Crippen LogP contribution in [0.2, 0.25) is 0 Å². The van der Waals surface area contributed by atoms with Crippen LogP contribution in [-0.4, -0.2) is 72.9 Å². The number of aromatic nitrogens is 1. The van der Waals surface area contributed by atoms with Crippen LogP contribution in [0.1, 0.15) is 6.42 Å². The van der Waals surface area contributed by atoms with Crippen LogP contribution in [0.3, 0.4) is 0 Å². The van der Waals surface area contributed by atoms with Crippen LogP contribution in [0.25, 0.3) is 0 Å². The van der Waals surface area contributed by atoms with Gasteiger partial charge in [-0.15, -0.1) is 11.3 Å². The second-order valence-corrected chi connectivity index (χ2v) is 6.16. The van der Waals surface area contributed by atoms with Gasteiger partial charge in [-0.2, -0.15) is 0 Å². The highest BCUT2D eigenvalue weighted by Gasteiger charge is 2.24. The summed E-state index contributed by atoms with van der Waals surface area (Å²) in [5.41, 5.74) is 0. The Morgan fingerprint density at radius 2 is 2.19 bits per heavy atom. The van der Waals surface area contributed by atoms with E-state index in [4.69, 9.17) is 0 Å². The van der Waals surface area contributed by atoms with Crippen molar-refractivity contribution in [2.75, 3.05) is 45.6 Å². The lowest BCUT2D eigenvalue weighted by Gasteiger charge is -2.37. The van der Waals surface area contributed by atoms with Crippen molar-refractivity contribution in [3.05, 3.63) is 11.6 Å². The van der Waals surface area contributed by atoms with Crippen LogP contribution in [0, 0.1) is 0 Å². The van der Waals surface area contributed by atoms with E-state index >= 15 is 0 Å². The molecular formula is C13H21N5O2S. The molecule has 1 saturated heterocycles. The summed E-state index contributed by atoms with van der Waals surface area (Å²) in [5.74, 6) is -0.358. The molecule has 0 aromatic carbocycles. The van der Waals surface area contributed by atoms with E-state index in [0.717, 1.165) is 19.6 Å². The monoisotopic (exact) mass is 311 g/mol. The summed E-state index contributed by atoms with van der Waals surface area (Å²) >= 11 is 1.35. The average Bonchev–Trinajstić information content (AvgIpc) is 2.93. The van der Waals surface area contributed by atoms with E-state index in [1.54, 1.807) is 11.6 Å². The Morgan fingerprint density at radius 3 is 2.90 bits per heavy atom. The van der Waals surface area contributed by atoms with E-state index in [1.807, 2.05) is 7.05 Å². The van der Waals surface area contributed by atoms with Crippen LogP contribution in [-0.2, 0) is 9.59 Å². The molecule has 1 aromatic rings. The first-order valence-corrected chi connectivity index (χ1v) is 7.77. The van der Waals surface area contributed by atoms with Gasteiger partial charge in [0.15, 0.2) is 5.13 Å². The van der Waals surface area contributed by atoms with Gasteiger partial charge in [0, 0.05) is 43.7 Å². The predicted octanol–water partition coefficient (Wildman–Crippen LogP) is -0.166. The number of likely N-dealkylation sites (N-methyl/N-ethyl adjacent to an activating group) is 2. The van der Waals surface area contributed by atoms with Gasteiger partial charge in [-0.3, -0.25) is 9.59 Å². The maximum Gasteiger partial charge on any atom is 0.245 e. The van der Waals surface area contributed by atoms with Gasteiger partial charge < -0.3 is 20.4 Å². The second kappa shape index (κ2) is 7.48. The molecule has 0 bridgehead atoms. The third kappa shape index (κ3) is 5.07. The third-order valence-corrected chi connectivity index (χ3v) is 4.21. The zero-order valence-electron chi connectivity index (χ0n) is 12.3. The number of hydrogen-bond acceptors (Lipinski definition) is 6. The Hall–Kier alpha value is -1.51. The smallest absolute Gasteiger partial charge is 0.245 e. The molecule has 116 valence electrons. The molecule has 2 rings (SSSR count). The first-order valence-electron chi connectivity index (χ1n) is 6.89. The van der Waals surface area contributed by atoms with Crippen molar-refractivity contribution in [2.45, 2.75) is 12.5 Å². The fraction of sp³-hybridized carbons (Fsp3) is 0.615.